The minimum Gasteiger partial charge on any atom is -0.392 e. The molecule has 2 aromatic rings. The number of ether oxygens (including phenoxy) is 1. The van der Waals surface area contributed by atoms with Crippen molar-refractivity contribution in [2.45, 2.75) is 25.7 Å². The van der Waals surface area contributed by atoms with Crippen LogP contribution >= 0.6 is 0 Å². The molecule has 0 saturated carbocycles. The molecule has 1 N–H and O–H groups in total. The molecule has 0 radical (unpaired) electrons. The van der Waals surface area contributed by atoms with E-state index in [-0.39, 0.29) is 12.7 Å². The van der Waals surface area contributed by atoms with Gasteiger partial charge in [-0.25, -0.2) is 0 Å². The van der Waals surface area contributed by atoms with Crippen LogP contribution in [0.2, 0.25) is 0 Å². The van der Waals surface area contributed by atoms with Crippen LogP contribution in [0.15, 0.2) is 42.7 Å². The van der Waals surface area contributed by atoms with E-state index in [1.165, 1.54) is 11.1 Å². The van der Waals surface area contributed by atoms with Gasteiger partial charge in [0.1, 0.15) is 6.10 Å². The van der Waals surface area contributed by atoms with E-state index in [1.54, 1.807) is 0 Å². The Bertz CT molecular complexity index is 533. The largest absolute Gasteiger partial charge is 0.392 e. The Morgan fingerprint density at radius 3 is 3.00 bits per heavy atom. The highest BCUT2D eigenvalue weighted by molar-refractivity contribution is 5.30. The molecule has 3 heteroatoms. The lowest BCUT2D eigenvalue weighted by Gasteiger charge is -2.26. The van der Waals surface area contributed by atoms with Gasteiger partial charge in [-0.05, 0) is 29.2 Å². The van der Waals surface area contributed by atoms with Gasteiger partial charge in [0, 0.05) is 12.4 Å². The summed E-state index contributed by atoms with van der Waals surface area (Å²) in [6.45, 7) is 1.68. The molecule has 1 atom stereocenters. The number of benzene rings is 1. The lowest BCUT2D eigenvalue weighted by Crippen LogP contribution is -2.20. The van der Waals surface area contributed by atoms with Crippen molar-refractivity contribution in [1.82, 2.24) is 4.57 Å². The van der Waals surface area contributed by atoms with Crippen LogP contribution < -0.4 is 0 Å². The molecule has 0 fully saturated rings. The van der Waals surface area contributed by atoms with E-state index in [1.807, 2.05) is 18.5 Å². The van der Waals surface area contributed by atoms with Crippen LogP contribution in [0.25, 0.3) is 0 Å². The first kappa shape index (κ1) is 11.5. The average molecular weight is 243 g/mol. The van der Waals surface area contributed by atoms with Gasteiger partial charge in [0.2, 0.25) is 0 Å². The molecule has 1 aliphatic heterocycles. The molecular formula is C15H17NO2. The number of nitrogens with zero attached hydrogens (tertiary/aromatic N) is 1. The molecule has 1 unspecified atom stereocenters. The van der Waals surface area contributed by atoms with Crippen LogP contribution in [0.5, 0.6) is 0 Å². The Morgan fingerprint density at radius 2 is 2.17 bits per heavy atom. The lowest BCUT2D eigenvalue weighted by molar-refractivity contribution is 0.0306. The zero-order valence-electron chi connectivity index (χ0n) is 10.2. The molecule has 0 saturated heterocycles. The summed E-state index contributed by atoms with van der Waals surface area (Å²) in [7, 11) is 0. The third-order valence-corrected chi connectivity index (χ3v) is 3.46. The van der Waals surface area contributed by atoms with Gasteiger partial charge in [-0.3, -0.25) is 0 Å². The SMILES string of the molecule is OCc1ccn(CC2OCCc3ccccc32)c1. The Balaban J connectivity index is 1.81. The van der Waals surface area contributed by atoms with Crippen molar-refractivity contribution in [1.29, 1.82) is 0 Å². The van der Waals surface area contributed by atoms with Gasteiger partial charge in [0.15, 0.2) is 0 Å². The summed E-state index contributed by atoms with van der Waals surface area (Å²) in [6.07, 6.45) is 5.08. The summed E-state index contributed by atoms with van der Waals surface area (Å²) < 4.78 is 7.95. The fraction of sp³-hybridized carbons (Fsp3) is 0.333. The van der Waals surface area contributed by atoms with E-state index in [2.05, 4.69) is 28.8 Å². The van der Waals surface area contributed by atoms with Crippen LogP contribution in [-0.2, 0) is 24.3 Å². The molecule has 1 aliphatic rings. The Hall–Kier alpha value is -1.58. The molecule has 3 nitrogen and oxygen atoms in total. The molecule has 0 bridgehead atoms. The summed E-state index contributed by atoms with van der Waals surface area (Å²) in [5.74, 6) is 0. The van der Waals surface area contributed by atoms with Crippen molar-refractivity contribution >= 4 is 0 Å². The normalized spacial score (nSPS) is 18.6. The Labute approximate surface area is 107 Å². The van der Waals surface area contributed by atoms with E-state index in [4.69, 9.17) is 9.84 Å². The lowest BCUT2D eigenvalue weighted by atomic mass is 9.97. The number of hydrogen-bond acceptors (Lipinski definition) is 2. The second-order valence-electron chi connectivity index (χ2n) is 4.68. The van der Waals surface area contributed by atoms with Gasteiger partial charge in [-0.2, -0.15) is 0 Å². The minimum absolute atomic E-state index is 0.0924. The molecule has 0 amide bonds. The highest BCUT2D eigenvalue weighted by atomic mass is 16.5. The Kier molecular flexibility index (Phi) is 3.17. The summed E-state index contributed by atoms with van der Waals surface area (Å²) in [6, 6.07) is 10.4. The van der Waals surface area contributed by atoms with E-state index in [0.29, 0.717) is 0 Å². The molecular weight excluding hydrogens is 226 g/mol. The van der Waals surface area contributed by atoms with Crippen molar-refractivity contribution in [3.8, 4) is 0 Å². The summed E-state index contributed by atoms with van der Waals surface area (Å²) in [5.41, 5.74) is 3.63. The molecule has 3 rings (SSSR count). The second-order valence-corrected chi connectivity index (χ2v) is 4.68. The summed E-state index contributed by atoms with van der Waals surface area (Å²) in [5, 5.41) is 9.07. The molecule has 94 valence electrons. The number of aliphatic hydroxyl groups is 1. The molecule has 18 heavy (non-hydrogen) atoms. The highest BCUT2D eigenvalue weighted by Crippen LogP contribution is 2.28. The second kappa shape index (κ2) is 4.96. The summed E-state index contributed by atoms with van der Waals surface area (Å²) >= 11 is 0. The maximum absolute atomic E-state index is 9.07. The topological polar surface area (TPSA) is 34.4 Å². The van der Waals surface area contributed by atoms with Gasteiger partial charge in [-0.15, -0.1) is 0 Å². The van der Waals surface area contributed by atoms with E-state index in [9.17, 15) is 0 Å². The molecule has 1 aromatic heterocycles. The number of hydrogen-bond donors (Lipinski definition) is 1. The number of aromatic nitrogens is 1. The monoisotopic (exact) mass is 243 g/mol. The zero-order chi connectivity index (χ0) is 12.4. The first-order valence-corrected chi connectivity index (χ1v) is 6.32. The fourth-order valence-corrected chi connectivity index (χ4v) is 2.52. The number of aliphatic hydroxyl groups excluding tert-OH is 1. The van der Waals surface area contributed by atoms with Crippen molar-refractivity contribution in [2.24, 2.45) is 0 Å². The van der Waals surface area contributed by atoms with Gasteiger partial charge in [0.05, 0.1) is 19.8 Å². The van der Waals surface area contributed by atoms with Crippen LogP contribution in [0.3, 0.4) is 0 Å². The van der Waals surface area contributed by atoms with Gasteiger partial charge < -0.3 is 14.4 Å². The highest BCUT2D eigenvalue weighted by Gasteiger charge is 2.20. The maximum Gasteiger partial charge on any atom is 0.101 e. The number of rotatable bonds is 3. The van der Waals surface area contributed by atoms with Crippen molar-refractivity contribution in [3.05, 3.63) is 59.4 Å². The predicted molar refractivity (Wildman–Crippen MR) is 69.2 cm³/mol. The molecule has 1 aromatic carbocycles. The van der Waals surface area contributed by atoms with Crippen LogP contribution in [0.4, 0.5) is 0 Å². The van der Waals surface area contributed by atoms with Crippen LogP contribution in [-0.4, -0.2) is 16.3 Å². The smallest absolute Gasteiger partial charge is 0.101 e. The van der Waals surface area contributed by atoms with Crippen molar-refractivity contribution in [2.75, 3.05) is 6.61 Å². The zero-order valence-corrected chi connectivity index (χ0v) is 10.2. The first-order chi connectivity index (χ1) is 8.86. The van der Waals surface area contributed by atoms with Gasteiger partial charge >= 0.3 is 0 Å². The minimum atomic E-state index is 0.0924. The third-order valence-electron chi connectivity index (χ3n) is 3.46. The maximum atomic E-state index is 9.07. The predicted octanol–water partition coefficient (Wildman–Crippen LogP) is 2.29. The van der Waals surface area contributed by atoms with E-state index >= 15 is 0 Å². The van der Waals surface area contributed by atoms with Crippen LogP contribution in [0.1, 0.15) is 22.8 Å². The van der Waals surface area contributed by atoms with Crippen LogP contribution in [0, 0.1) is 0 Å². The molecule has 0 aliphatic carbocycles. The Morgan fingerprint density at radius 1 is 1.28 bits per heavy atom. The molecule has 2 heterocycles. The van der Waals surface area contributed by atoms with Gasteiger partial charge in [-0.1, -0.05) is 24.3 Å². The first-order valence-electron chi connectivity index (χ1n) is 6.32. The van der Waals surface area contributed by atoms with Crippen molar-refractivity contribution in [3.63, 3.8) is 0 Å². The standard InChI is InChI=1S/C15H17NO2/c17-11-12-5-7-16(9-12)10-15-14-4-2-1-3-13(14)6-8-18-15/h1-5,7,9,15,17H,6,8,10-11H2. The molecule has 0 spiro atoms. The van der Waals surface area contributed by atoms with E-state index in [0.717, 1.165) is 25.1 Å². The van der Waals surface area contributed by atoms with Crippen molar-refractivity contribution < 1.29 is 9.84 Å². The summed E-state index contributed by atoms with van der Waals surface area (Å²) in [4.78, 5) is 0. The number of fused-ring (bicyclic) bond motifs is 1. The van der Waals surface area contributed by atoms with Gasteiger partial charge in [0.25, 0.3) is 0 Å². The van der Waals surface area contributed by atoms with E-state index < -0.39 is 0 Å². The fourth-order valence-electron chi connectivity index (χ4n) is 2.52. The average Bonchev–Trinajstić information content (AvgIpc) is 2.87. The quantitative estimate of drug-likeness (QED) is 0.897. The third kappa shape index (κ3) is 2.19.